The SMILES string of the molecule is CC[C@H](CNC(=O)[C@H](C)Sc1nnnn1-c1cc(C)ccc1C)c1ccccc1. The zero-order valence-corrected chi connectivity index (χ0v) is 18.1. The van der Waals surface area contributed by atoms with Crippen LogP contribution in [-0.2, 0) is 4.79 Å². The minimum Gasteiger partial charge on any atom is -0.355 e. The van der Waals surface area contributed by atoms with E-state index in [-0.39, 0.29) is 11.2 Å². The van der Waals surface area contributed by atoms with Crippen LogP contribution in [0.5, 0.6) is 0 Å². The van der Waals surface area contributed by atoms with Crippen LogP contribution in [0, 0.1) is 13.8 Å². The summed E-state index contributed by atoms with van der Waals surface area (Å²) >= 11 is 1.36. The van der Waals surface area contributed by atoms with E-state index >= 15 is 0 Å². The number of aromatic nitrogens is 4. The van der Waals surface area contributed by atoms with E-state index < -0.39 is 0 Å². The van der Waals surface area contributed by atoms with Crippen LogP contribution in [-0.4, -0.2) is 37.9 Å². The van der Waals surface area contributed by atoms with Crippen LogP contribution in [0.15, 0.2) is 53.7 Å². The highest BCUT2D eigenvalue weighted by atomic mass is 32.2. The number of rotatable bonds is 8. The number of hydrogen-bond donors (Lipinski definition) is 1. The number of nitrogens with zero attached hydrogens (tertiary/aromatic N) is 4. The first-order valence-electron chi connectivity index (χ1n) is 9.85. The molecule has 0 aliphatic carbocycles. The number of hydrogen-bond acceptors (Lipinski definition) is 5. The van der Waals surface area contributed by atoms with E-state index in [0.29, 0.717) is 17.6 Å². The van der Waals surface area contributed by atoms with Crippen LogP contribution in [0.4, 0.5) is 0 Å². The second kappa shape index (κ2) is 9.69. The summed E-state index contributed by atoms with van der Waals surface area (Å²) in [6.45, 7) is 8.70. The molecule has 0 spiro atoms. The van der Waals surface area contributed by atoms with Gasteiger partial charge in [-0.25, -0.2) is 0 Å². The van der Waals surface area contributed by atoms with Gasteiger partial charge >= 0.3 is 0 Å². The normalized spacial score (nSPS) is 13.1. The van der Waals surface area contributed by atoms with E-state index in [1.165, 1.54) is 17.3 Å². The van der Waals surface area contributed by atoms with Gasteiger partial charge in [-0.05, 0) is 60.4 Å². The molecule has 0 bridgehead atoms. The van der Waals surface area contributed by atoms with Gasteiger partial charge in [0.15, 0.2) is 0 Å². The molecular weight excluding hydrogens is 382 g/mol. The number of carbonyl (C=O) groups excluding carboxylic acids is 1. The number of benzene rings is 2. The quantitative estimate of drug-likeness (QED) is 0.568. The molecule has 3 aromatic rings. The summed E-state index contributed by atoms with van der Waals surface area (Å²) in [6.07, 6.45) is 0.969. The lowest BCUT2D eigenvalue weighted by atomic mass is 9.96. The van der Waals surface area contributed by atoms with Crippen LogP contribution in [0.2, 0.25) is 0 Å². The van der Waals surface area contributed by atoms with Crippen LogP contribution in [0.25, 0.3) is 5.69 Å². The fourth-order valence-corrected chi connectivity index (χ4v) is 3.98. The lowest BCUT2D eigenvalue weighted by molar-refractivity contribution is -0.120. The molecule has 0 saturated carbocycles. The van der Waals surface area contributed by atoms with Crippen molar-refractivity contribution in [1.29, 1.82) is 0 Å². The third-order valence-corrected chi connectivity index (χ3v) is 6.00. The molecule has 1 amide bonds. The molecule has 2 atom stereocenters. The van der Waals surface area contributed by atoms with Crippen molar-refractivity contribution in [2.24, 2.45) is 0 Å². The summed E-state index contributed by atoms with van der Waals surface area (Å²) in [5, 5.41) is 15.5. The van der Waals surface area contributed by atoms with Gasteiger partial charge in [0, 0.05) is 12.5 Å². The Labute approximate surface area is 176 Å². The van der Waals surface area contributed by atoms with E-state index in [0.717, 1.165) is 23.2 Å². The molecule has 152 valence electrons. The highest BCUT2D eigenvalue weighted by Gasteiger charge is 2.21. The maximum Gasteiger partial charge on any atom is 0.233 e. The summed E-state index contributed by atoms with van der Waals surface area (Å²) < 4.78 is 1.70. The smallest absolute Gasteiger partial charge is 0.233 e. The van der Waals surface area contributed by atoms with E-state index in [2.05, 4.69) is 46.0 Å². The van der Waals surface area contributed by atoms with Crippen molar-refractivity contribution in [2.75, 3.05) is 6.54 Å². The first kappa shape index (κ1) is 21.0. The fraction of sp³-hybridized carbons (Fsp3) is 0.364. The Morgan fingerprint density at radius 2 is 1.93 bits per heavy atom. The average molecular weight is 410 g/mol. The summed E-state index contributed by atoms with van der Waals surface area (Å²) in [5.41, 5.74) is 4.39. The molecular formula is C22H27N5OS. The van der Waals surface area contributed by atoms with Gasteiger partial charge in [-0.2, -0.15) is 4.68 Å². The van der Waals surface area contributed by atoms with Gasteiger partial charge in [-0.1, -0.05) is 61.2 Å². The minimum atomic E-state index is -0.307. The topological polar surface area (TPSA) is 72.7 Å². The third-order valence-electron chi connectivity index (χ3n) is 4.97. The van der Waals surface area contributed by atoms with E-state index in [4.69, 9.17) is 0 Å². The molecule has 1 aromatic heterocycles. The Kier molecular flexibility index (Phi) is 7.04. The molecule has 0 fully saturated rings. The number of carbonyl (C=O) groups is 1. The lowest BCUT2D eigenvalue weighted by Crippen LogP contribution is -2.34. The summed E-state index contributed by atoms with van der Waals surface area (Å²) in [5.74, 6) is 0.289. The number of tetrazole rings is 1. The molecule has 0 saturated heterocycles. The van der Waals surface area contributed by atoms with Gasteiger partial charge in [0.25, 0.3) is 0 Å². The maximum atomic E-state index is 12.7. The molecule has 1 heterocycles. The van der Waals surface area contributed by atoms with E-state index in [1.807, 2.05) is 51.1 Å². The lowest BCUT2D eigenvalue weighted by Gasteiger charge is -2.18. The summed E-state index contributed by atoms with van der Waals surface area (Å²) in [4.78, 5) is 12.7. The van der Waals surface area contributed by atoms with Crippen molar-refractivity contribution in [3.8, 4) is 5.69 Å². The minimum absolute atomic E-state index is 0.0140. The number of amides is 1. The van der Waals surface area contributed by atoms with Crippen LogP contribution < -0.4 is 5.32 Å². The first-order valence-corrected chi connectivity index (χ1v) is 10.7. The van der Waals surface area contributed by atoms with Gasteiger partial charge in [0.1, 0.15) is 0 Å². The highest BCUT2D eigenvalue weighted by molar-refractivity contribution is 8.00. The second-order valence-corrected chi connectivity index (χ2v) is 8.49. The predicted molar refractivity (Wildman–Crippen MR) is 116 cm³/mol. The molecule has 29 heavy (non-hydrogen) atoms. The van der Waals surface area contributed by atoms with Crippen molar-refractivity contribution in [3.63, 3.8) is 0 Å². The number of nitrogens with one attached hydrogen (secondary N) is 1. The fourth-order valence-electron chi connectivity index (χ4n) is 3.15. The molecule has 2 aromatic carbocycles. The second-order valence-electron chi connectivity index (χ2n) is 7.18. The maximum absolute atomic E-state index is 12.7. The Balaban J connectivity index is 1.65. The van der Waals surface area contributed by atoms with Crippen LogP contribution in [0.3, 0.4) is 0 Å². The zero-order chi connectivity index (χ0) is 20.8. The molecule has 1 N–H and O–H groups in total. The molecule has 7 heteroatoms. The molecule has 0 unspecified atom stereocenters. The summed E-state index contributed by atoms with van der Waals surface area (Å²) in [6, 6.07) is 16.4. The van der Waals surface area contributed by atoms with E-state index in [9.17, 15) is 4.79 Å². The van der Waals surface area contributed by atoms with Gasteiger partial charge in [-0.15, -0.1) is 5.10 Å². The molecule has 0 aliphatic rings. The third kappa shape index (κ3) is 5.23. The number of thioether (sulfide) groups is 1. The number of aryl methyl sites for hydroxylation is 2. The van der Waals surface area contributed by atoms with E-state index in [1.54, 1.807) is 4.68 Å². The van der Waals surface area contributed by atoms with Crippen LogP contribution in [0.1, 0.15) is 42.9 Å². The molecule has 0 radical (unpaired) electrons. The van der Waals surface area contributed by atoms with Gasteiger partial charge in [0.05, 0.1) is 10.9 Å². The van der Waals surface area contributed by atoms with Crippen molar-refractivity contribution in [2.45, 2.75) is 50.4 Å². The predicted octanol–water partition coefficient (Wildman–Crippen LogP) is 4.07. The average Bonchev–Trinajstić information content (AvgIpc) is 3.18. The van der Waals surface area contributed by atoms with Gasteiger partial charge < -0.3 is 5.32 Å². The molecule has 0 aliphatic heterocycles. The molecule has 3 rings (SSSR count). The zero-order valence-electron chi connectivity index (χ0n) is 17.3. The van der Waals surface area contributed by atoms with Crippen LogP contribution >= 0.6 is 11.8 Å². The Hall–Kier alpha value is -2.67. The summed E-state index contributed by atoms with van der Waals surface area (Å²) in [7, 11) is 0. The van der Waals surface area contributed by atoms with Crippen molar-refractivity contribution >= 4 is 17.7 Å². The Morgan fingerprint density at radius 1 is 1.17 bits per heavy atom. The highest BCUT2D eigenvalue weighted by Crippen LogP contribution is 2.25. The monoisotopic (exact) mass is 409 g/mol. The molecule has 6 nitrogen and oxygen atoms in total. The van der Waals surface area contributed by atoms with Gasteiger partial charge in [0.2, 0.25) is 11.1 Å². The van der Waals surface area contributed by atoms with Crippen molar-refractivity contribution in [1.82, 2.24) is 25.5 Å². The largest absolute Gasteiger partial charge is 0.355 e. The standard InChI is InChI=1S/C22H27N5OS/c1-5-18(19-9-7-6-8-10-19)14-23-21(28)17(4)29-22-24-25-26-27(22)20-13-15(2)11-12-16(20)3/h6-13,17-18H,5,14H2,1-4H3,(H,23,28)/t17-,18+/m0/s1. The Bertz CT molecular complexity index is 957. The first-order chi connectivity index (χ1) is 14.0. The van der Waals surface area contributed by atoms with Crippen molar-refractivity contribution in [3.05, 3.63) is 65.2 Å². The Morgan fingerprint density at radius 3 is 2.66 bits per heavy atom. The van der Waals surface area contributed by atoms with Crippen molar-refractivity contribution < 1.29 is 4.79 Å². The van der Waals surface area contributed by atoms with Gasteiger partial charge in [-0.3, -0.25) is 4.79 Å².